The standard InChI is InChI=1S/C21H22ClN5O4S/c1-32(29,30)19-7-6-15(9-18(19)22)17(8-14-4-2-3-5-14)21(28)27-20-12-24-16(10-25-20)11-26-31-13-23/h6-7,9-12,14,17H,2-5,8H2,1H3,(H,25,27,28)/b26-11+. The Morgan fingerprint density at radius 2 is 2.12 bits per heavy atom. The van der Waals surface area contributed by atoms with Gasteiger partial charge in [0.15, 0.2) is 15.7 Å². The van der Waals surface area contributed by atoms with Crippen molar-refractivity contribution in [2.45, 2.75) is 42.9 Å². The van der Waals surface area contributed by atoms with Crippen molar-refractivity contribution in [1.82, 2.24) is 9.97 Å². The Hall–Kier alpha value is -3.03. The van der Waals surface area contributed by atoms with Crippen LogP contribution in [0.25, 0.3) is 0 Å². The maximum atomic E-state index is 13.2. The van der Waals surface area contributed by atoms with Gasteiger partial charge in [-0.05, 0) is 30.0 Å². The Morgan fingerprint density at radius 1 is 1.38 bits per heavy atom. The van der Waals surface area contributed by atoms with Crippen LogP contribution in [0.2, 0.25) is 5.02 Å². The molecule has 1 aromatic carbocycles. The van der Waals surface area contributed by atoms with E-state index in [2.05, 4.69) is 25.3 Å². The zero-order valence-electron chi connectivity index (χ0n) is 17.4. The molecule has 0 spiro atoms. The van der Waals surface area contributed by atoms with Gasteiger partial charge in [-0.15, -0.1) is 5.26 Å². The number of rotatable bonds is 8. The van der Waals surface area contributed by atoms with Crippen LogP contribution in [0.4, 0.5) is 5.82 Å². The number of nitrogens with zero attached hydrogens (tertiary/aromatic N) is 4. The van der Waals surface area contributed by atoms with Gasteiger partial charge in [-0.3, -0.25) is 9.63 Å². The molecule has 1 heterocycles. The summed E-state index contributed by atoms with van der Waals surface area (Å²) >= 11 is 6.23. The highest BCUT2D eigenvalue weighted by Crippen LogP contribution is 2.36. The van der Waals surface area contributed by atoms with Crippen molar-refractivity contribution in [2.75, 3.05) is 11.6 Å². The molecule has 11 heteroatoms. The van der Waals surface area contributed by atoms with Crippen LogP contribution in [0.15, 0.2) is 40.6 Å². The molecular weight excluding hydrogens is 454 g/mol. The summed E-state index contributed by atoms with van der Waals surface area (Å²) in [4.78, 5) is 25.6. The minimum Gasteiger partial charge on any atom is -0.309 e. The summed E-state index contributed by atoms with van der Waals surface area (Å²) < 4.78 is 23.8. The number of anilines is 1. The molecule has 1 aromatic heterocycles. The molecule has 1 saturated carbocycles. The SMILES string of the molecule is CS(=O)(=O)c1ccc(C(CC2CCCC2)C(=O)Nc2cnc(/C=N/OC#N)cn2)cc1Cl. The molecule has 1 unspecified atom stereocenters. The second kappa shape index (κ2) is 10.5. The topological polar surface area (TPSA) is 134 Å². The highest BCUT2D eigenvalue weighted by atomic mass is 35.5. The van der Waals surface area contributed by atoms with Crippen LogP contribution >= 0.6 is 11.6 Å². The molecule has 1 atom stereocenters. The van der Waals surface area contributed by atoms with Gasteiger partial charge in [0.2, 0.25) is 5.91 Å². The Labute approximate surface area is 191 Å². The fraction of sp³-hybridized carbons (Fsp3) is 0.381. The van der Waals surface area contributed by atoms with Gasteiger partial charge < -0.3 is 5.32 Å². The zero-order valence-corrected chi connectivity index (χ0v) is 18.9. The fourth-order valence-electron chi connectivity index (χ4n) is 3.79. The number of hydrogen-bond acceptors (Lipinski definition) is 8. The van der Waals surface area contributed by atoms with Crippen LogP contribution in [-0.2, 0) is 19.5 Å². The van der Waals surface area contributed by atoms with Gasteiger partial charge in [-0.1, -0.05) is 48.5 Å². The monoisotopic (exact) mass is 475 g/mol. The van der Waals surface area contributed by atoms with Gasteiger partial charge in [0.05, 0.1) is 34.4 Å². The smallest absolute Gasteiger partial charge is 0.309 e. The molecule has 0 radical (unpaired) electrons. The molecule has 9 nitrogen and oxygen atoms in total. The van der Waals surface area contributed by atoms with Crippen molar-refractivity contribution in [3.63, 3.8) is 0 Å². The van der Waals surface area contributed by atoms with Crippen LogP contribution in [0.1, 0.15) is 49.3 Å². The number of carbonyl (C=O) groups excluding carboxylic acids is 1. The fourth-order valence-corrected chi connectivity index (χ4v) is 5.13. The number of benzene rings is 1. The lowest BCUT2D eigenvalue weighted by atomic mass is 9.87. The lowest BCUT2D eigenvalue weighted by molar-refractivity contribution is -0.118. The largest absolute Gasteiger partial charge is 0.316 e. The number of amides is 1. The number of carbonyl (C=O) groups is 1. The summed E-state index contributed by atoms with van der Waals surface area (Å²) in [6.45, 7) is 0. The minimum atomic E-state index is -3.47. The Balaban J connectivity index is 1.81. The van der Waals surface area contributed by atoms with Gasteiger partial charge in [0.1, 0.15) is 5.69 Å². The van der Waals surface area contributed by atoms with E-state index in [0.29, 0.717) is 23.6 Å². The van der Waals surface area contributed by atoms with E-state index in [4.69, 9.17) is 16.9 Å². The van der Waals surface area contributed by atoms with Crippen molar-refractivity contribution < 1.29 is 18.0 Å². The lowest BCUT2D eigenvalue weighted by Gasteiger charge is -2.21. The molecule has 1 fully saturated rings. The maximum Gasteiger partial charge on any atom is 0.316 e. The van der Waals surface area contributed by atoms with Crippen LogP contribution in [0.5, 0.6) is 0 Å². The van der Waals surface area contributed by atoms with E-state index in [1.165, 1.54) is 30.9 Å². The first kappa shape index (κ1) is 23.6. The van der Waals surface area contributed by atoms with Crippen molar-refractivity contribution in [2.24, 2.45) is 11.1 Å². The summed E-state index contributed by atoms with van der Waals surface area (Å²) in [6.07, 6.45) is 11.5. The molecule has 1 aliphatic carbocycles. The highest BCUT2D eigenvalue weighted by molar-refractivity contribution is 7.90. The zero-order chi connectivity index (χ0) is 23.1. The van der Waals surface area contributed by atoms with Crippen LogP contribution in [0.3, 0.4) is 0 Å². The molecular formula is C21H22ClN5O4S. The average Bonchev–Trinajstić information content (AvgIpc) is 3.26. The third-order valence-corrected chi connectivity index (χ3v) is 6.90. The molecule has 1 aliphatic rings. The van der Waals surface area contributed by atoms with E-state index in [9.17, 15) is 13.2 Å². The van der Waals surface area contributed by atoms with Gasteiger partial charge in [0.25, 0.3) is 0 Å². The summed E-state index contributed by atoms with van der Waals surface area (Å²) in [7, 11) is -3.47. The summed E-state index contributed by atoms with van der Waals surface area (Å²) in [5.41, 5.74) is 1.00. The van der Waals surface area contributed by atoms with Crippen molar-refractivity contribution >= 4 is 39.4 Å². The summed E-state index contributed by atoms with van der Waals surface area (Å²) in [5.74, 6) is -0.132. The van der Waals surface area contributed by atoms with Gasteiger partial charge in [-0.25, -0.2) is 18.4 Å². The molecule has 0 bridgehead atoms. The summed E-state index contributed by atoms with van der Waals surface area (Å²) in [6, 6.07) is 4.64. The first-order valence-electron chi connectivity index (χ1n) is 9.99. The third kappa shape index (κ3) is 6.24. The lowest BCUT2D eigenvalue weighted by Crippen LogP contribution is -2.24. The number of halogens is 1. The molecule has 168 valence electrons. The molecule has 1 amide bonds. The molecule has 0 aliphatic heterocycles. The average molecular weight is 476 g/mol. The first-order chi connectivity index (χ1) is 15.3. The van der Waals surface area contributed by atoms with Gasteiger partial charge in [-0.2, -0.15) is 0 Å². The molecule has 32 heavy (non-hydrogen) atoms. The predicted octanol–water partition coefficient (Wildman–Crippen LogP) is 3.67. The second-order valence-corrected chi connectivity index (χ2v) is 10.0. The minimum absolute atomic E-state index is 0.0337. The number of oxime groups is 1. The molecule has 2 aromatic rings. The van der Waals surface area contributed by atoms with Gasteiger partial charge in [0, 0.05) is 6.26 Å². The van der Waals surface area contributed by atoms with Crippen LogP contribution in [-0.4, -0.2) is 36.8 Å². The number of sulfone groups is 1. The van der Waals surface area contributed by atoms with Crippen molar-refractivity contribution in [3.8, 4) is 6.26 Å². The van der Waals surface area contributed by atoms with Crippen LogP contribution in [0, 0.1) is 17.4 Å². The van der Waals surface area contributed by atoms with E-state index in [1.54, 1.807) is 12.1 Å². The van der Waals surface area contributed by atoms with E-state index in [0.717, 1.165) is 31.9 Å². The Kier molecular flexibility index (Phi) is 7.77. The Morgan fingerprint density at radius 3 is 2.72 bits per heavy atom. The number of nitrogens with one attached hydrogen (secondary N) is 1. The normalized spacial score (nSPS) is 15.4. The van der Waals surface area contributed by atoms with E-state index < -0.39 is 15.8 Å². The molecule has 3 rings (SSSR count). The number of hydrogen-bond donors (Lipinski definition) is 1. The second-order valence-electron chi connectivity index (χ2n) is 7.63. The maximum absolute atomic E-state index is 13.2. The number of nitriles is 1. The number of aromatic nitrogens is 2. The Bertz CT molecular complexity index is 1140. The summed E-state index contributed by atoms with van der Waals surface area (Å²) in [5, 5.41) is 14.5. The third-order valence-electron chi connectivity index (χ3n) is 5.32. The molecule has 0 saturated heterocycles. The molecule has 1 N–H and O–H groups in total. The first-order valence-corrected chi connectivity index (χ1v) is 12.3. The van der Waals surface area contributed by atoms with Crippen molar-refractivity contribution in [1.29, 1.82) is 5.26 Å². The quantitative estimate of drug-likeness (QED) is 0.349. The predicted molar refractivity (Wildman–Crippen MR) is 119 cm³/mol. The van der Waals surface area contributed by atoms with E-state index in [-0.39, 0.29) is 21.6 Å². The highest BCUT2D eigenvalue weighted by Gasteiger charge is 2.28. The van der Waals surface area contributed by atoms with E-state index >= 15 is 0 Å². The van der Waals surface area contributed by atoms with Gasteiger partial charge >= 0.3 is 6.26 Å². The van der Waals surface area contributed by atoms with E-state index in [1.807, 2.05) is 0 Å². The van der Waals surface area contributed by atoms with Crippen molar-refractivity contribution in [3.05, 3.63) is 46.9 Å². The van der Waals surface area contributed by atoms with Crippen LogP contribution < -0.4 is 5.32 Å².